The number of hydrogen-bond acceptors (Lipinski definition) is 3. The Labute approximate surface area is 115 Å². The van der Waals surface area contributed by atoms with Crippen LogP contribution in [0.2, 0.25) is 0 Å². The maximum atomic E-state index is 12.0. The smallest absolute Gasteiger partial charge is 0.143 e. The van der Waals surface area contributed by atoms with Crippen molar-refractivity contribution in [2.75, 3.05) is 6.61 Å². The number of carbonyl (C=O) groups is 1. The van der Waals surface area contributed by atoms with Crippen LogP contribution in [0.5, 0.6) is 0 Å². The second-order valence-corrected chi connectivity index (χ2v) is 5.07. The van der Waals surface area contributed by atoms with Crippen molar-refractivity contribution in [3.05, 3.63) is 35.9 Å². The van der Waals surface area contributed by atoms with Gasteiger partial charge in [-0.2, -0.15) is 0 Å². The molecule has 3 nitrogen and oxygen atoms in total. The van der Waals surface area contributed by atoms with Gasteiger partial charge < -0.3 is 9.84 Å². The van der Waals surface area contributed by atoms with Crippen LogP contribution in [0.25, 0.3) is 0 Å². The van der Waals surface area contributed by atoms with Gasteiger partial charge in [-0.05, 0) is 12.0 Å². The van der Waals surface area contributed by atoms with Gasteiger partial charge in [0.05, 0.1) is 19.3 Å². The number of hydrogen-bond donors (Lipinski definition) is 1. The highest BCUT2D eigenvalue weighted by Crippen LogP contribution is 2.14. The number of ketones is 1. The third-order valence-electron chi connectivity index (χ3n) is 3.41. The lowest BCUT2D eigenvalue weighted by molar-refractivity contribution is -0.131. The molecule has 0 aliphatic carbocycles. The molecular weight excluding hydrogens is 240 g/mol. The van der Waals surface area contributed by atoms with E-state index in [1.54, 1.807) is 6.92 Å². The van der Waals surface area contributed by atoms with E-state index in [1.807, 2.05) is 44.2 Å². The van der Waals surface area contributed by atoms with Gasteiger partial charge in [0.25, 0.3) is 0 Å². The predicted molar refractivity (Wildman–Crippen MR) is 75.7 cm³/mol. The summed E-state index contributed by atoms with van der Waals surface area (Å²) in [6.07, 6.45) is 0.0499. The summed E-state index contributed by atoms with van der Waals surface area (Å²) in [6.45, 7) is 6.43. The molecule has 0 amide bonds. The van der Waals surface area contributed by atoms with Crippen molar-refractivity contribution in [2.45, 2.75) is 39.9 Å². The van der Waals surface area contributed by atoms with Crippen molar-refractivity contribution in [1.82, 2.24) is 0 Å². The number of aliphatic hydroxyl groups is 1. The van der Waals surface area contributed by atoms with E-state index in [1.165, 1.54) is 0 Å². The van der Waals surface area contributed by atoms with E-state index in [4.69, 9.17) is 4.74 Å². The highest BCUT2D eigenvalue weighted by molar-refractivity contribution is 5.83. The molecule has 0 spiro atoms. The van der Waals surface area contributed by atoms with Crippen molar-refractivity contribution in [2.24, 2.45) is 11.8 Å². The van der Waals surface area contributed by atoms with Crippen LogP contribution in [0.3, 0.4) is 0 Å². The van der Waals surface area contributed by atoms with E-state index in [0.717, 1.165) is 5.56 Å². The highest BCUT2D eigenvalue weighted by atomic mass is 16.5. The van der Waals surface area contributed by atoms with E-state index >= 15 is 0 Å². The molecule has 1 aromatic rings. The molecule has 106 valence electrons. The van der Waals surface area contributed by atoms with Crippen LogP contribution >= 0.6 is 0 Å². The summed E-state index contributed by atoms with van der Waals surface area (Å²) in [7, 11) is 0. The largest absolute Gasteiger partial charge is 0.392 e. The zero-order valence-electron chi connectivity index (χ0n) is 12.0. The first-order valence-electron chi connectivity index (χ1n) is 6.89. The average molecular weight is 264 g/mol. The number of aliphatic hydroxyl groups excluding tert-OH is 1. The third kappa shape index (κ3) is 5.13. The molecule has 1 aromatic carbocycles. The molecule has 0 aromatic heterocycles. The van der Waals surface area contributed by atoms with Crippen molar-refractivity contribution in [3.63, 3.8) is 0 Å². The molecular formula is C16H24O3. The summed E-state index contributed by atoms with van der Waals surface area (Å²) in [5.41, 5.74) is 1.10. The summed E-state index contributed by atoms with van der Waals surface area (Å²) in [5, 5.41) is 9.69. The standard InChI is InChI=1S/C16H24O3/c1-4-15(17)13(3)16(18)12(2)10-19-11-14-8-6-5-7-9-14/h5-9,12-13,15,17H,4,10-11H2,1-3H3/t12-,13+,15-/m1/s1. The topological polar surface area (TPSA) is 46.5 Å². The summed E-state index contributed by atoms with van der Waals surface area (Å²) < 4.78 is 5.56. The Balaban J connectivity index is 2.35. The van der Waals surface area contributed by atoms with Gasteiger partial charge in [-0.15, -0.1) is 0 Å². The second kappa shape index (κ2) is 8.08. The van der Waals surface area contributed by atoms with Gasteiger partial charge in [-0.3, -0.25) is 4.79 Å². The van der Waals surface area contributed by atoms with Crippen LogP contribution < -0.4 is 0 Å². The second-order valence-electron chi connectivity index (χ2n) is 5.07. The molecule has 0 fully saturated rings. The zero-order valence-corrected chi connectivity index (χ0v) is 12.0. The maximum Gasteiger partial charge on any atom is 0.143 e. The molecule has 0 aliphatic heterocycles. The minimum atomic E-state index is -0.552. The van der Waals surface area contributed by atoms with Gasteiger partial charge in [0.15, 0.2) is 0 Å². The van der Waals surface area contributed by atoms with E-state index in [-0.39, 0.29) is 17.6 Å². The Bertz CT molecular complexity index is 375. The van der Waals surface area contributed by atoms with Gasteiger partial charge in [0, 0.05) is 11.8 Å². The molecule has 3 atom stereocenters. The molecule has 3 heteroatoms. The van der Waals surface area contributed by atoms with Crippen LogP contribution in [0.4, 0.5) is 0 Å². The monoisotopic (exact) mass is 264 g/mol. The fraction of sp³-hybridized carbons (Fsp3) is 0.562. The van der Waals surface area contributed by atoms with Crippen LogP contribution in [-0.2, 0) is 16.1 Å². The molecule has 19 heavy (non-hydrogen) atoms. The number of benzene rings is 1. The lowest BCUT2D eigenvalue weighted by Gasteiger charge is -2.20. The van der Waals surface area contributed by atoms with Crippen LogP contribution in [0, 0.1) is 11.8 Å². The van der Waals surface area contributed by atoms with Crippen molar-refractivity contribution >= 4 is 5.78 Å². The summed E-state index contributed by atoms with van der Waals surface area (Å²) in [5.74, 6) is -0.428. The maximum absolute atomic E-state index is 12.0. The van der Waals surface area contributed by atoms with Crippen molar-refractivity contribution < 1.29 is 14.6 Å². The summed E-state index contributed by atoms with van der Waals surface area (Å²) in [4.78, 5) is 12.0. The lowest BCUT2D eigenvalue weighted by atomic mass is 9.90. The predicted octanol–water partition coefficient (Wildman–Crippen LogP) is 2.82. The molecule has 0 saturated heterocycles. The number of ether oxygens (including phenoxy) is 1. The van der Waals surface area contributed by atoms with Crippen molar-refractivity contribution in [3.8, 4) is 0 Å². The molecule has 0 radical (unpaired) electrons. The quantitative estimate of drug-likeness (QED) is 0.785. The molecule has 0 bridgehead atoms. The molecule has 1 N–H and O–H groups in total. The minimum Gasteiger partial charge on any atom is -0.392 e. The SMILES string of the molecule is CC[C@@H](O)[C@H](C)C(=O)[C@H](C)COCc1ccccc1. The first-order valence-corrected chi connectivity index (χ1v) is 6.89. The molecule has 0 aliphatic rings. The number of carbonyl (C=O) groups excluding carboxylic acids is 1. The minimum absolute atomic E-state index is 0.0717. The Morgan fingerprint density at radius 1 is 1.26 bits per heavy atom. The molecule has 0 heterocycles. The van der Waals surface area contributed by atoms with Gasteiger partial charge >= 0.3 is 0 Å². The molecule has 0 unspecified atom stereocenters. The number of rotatable bonds is 8. The normalized spacial score (nSPS) is 15.8. The summed E-state index contributed by atoms with van der Waals surface area (Å²) >= 11 is 0. The van der Waals surface area contributed by atoms with E-state index < -0.39 is 6.10 Å². The van der Waals surface area contributed by atoms with Gasteiger partial charge in [0.2, 0.25) is 0 Å². The lowest BCUT2D eigenvalue weighted by Crippen LogP contribution is -2.31. The van der Waals surface area contributed by atoms with Crippen molar-refractivity contribution in [1.29, 1.82) is 0 Å². The molecule has 1 rings (SSSR count). The van der Waals surface area contributed by atoms with E-state index in [9.17, 15) is 9.90 Å². The Hall–Kier alpha value is -1.19. The number of Topliss-reactive ketones (excluding diaryl/α,β-unsaturated/α-hetero) is 1. The van der Waals surface area contributed by atoms with Gasteiger partial charge in [-0.1, -0.05) is 51.1 Å². The summed E-state index contributed by atoms with van der Waals surface area (Å²) in [6, 6.07) is 9.88. The average Bonchev–Trinajstić information content (AvgIpc) is 2.45. The first-order chi connectivity index (χ1) is 9.06. The fourth-order valence-electron chi connectivity index (χ4n) is 2.00. The first kappa shape index (κ1) is 15.9. The van der Waals surface area contributed by atoms with Crippen LogP contribution in [0.1, 0.15) is 32.8 Å². The third-order valence-corrected chi connectivity index (χ3v) is 3.41. The highest BCUT2D eigenvalue weighted by Gasteiger charge is 2.25. The zero-order chi connectivity index (χ0) is 14.3. The van der Waals surface area contributed by atoms with Crippen LogP contribution in [-0.4, -0.2) is 23.6 Å². The Morgan fingerprint density at radius 2 is 1.89 bits per heavy atom. The van der Waals surface area contributed by atoms with Crippen LogP contribution in [0.15, 0.2) is 30.3 Å². The fourth-order valence-corrected chi connectivity index (χ4v) is 2.00. The van der Waals surface area contributed by atoms with E-state index in [0.29, 0.717) is 19.6 Å². The molecule has 0 saturated carbocycles. The Kier molecular flexibility index (Phi) is 6.74. The van der Waals surface area contributed by atoms with Gasteiger partial charge in [-0.25, -0.2) is 0 Å². The van der Waals surface area contributed by atoms with E-state index in [2.05, 4.69) is 0 Å². The van der Waals surface area contributed by atoms with Gasteiger partial charge in [0.1, 0.15) is 5.78 Å². The Morgan fingerprint density at radius 3 is 2.47 bits per heavy atom.